The van der Waals surface area contributed by atoms with E-state index < -0.39 is 17.7 Å². The molecule has 1 N–H and O–H groups in total. The zero-order chi connectivity index (χ0) is 23.1. The summed E-state index contributed by atoms with van der Waals surface area (Å²) in [5.41, 5.74) is 1.06. The molecule has 8 heteroatoms. The Morgan fingerprint density at radius 3 is 2.53 bits per heavy atom. The molecule has 32 heavy (non-hydrogen) atoms. The third-order valence-corrected chi connectivity index (χ3v) is 4.74. The molecule has 0 aromatic heterocycles. The first kappa shape index (κ1) is 23.2. The maximum Gasteiger partial charge on any atom is 0.310 e. The van der Waals surface area contributed by atoms with Gasteiger partial charge in [-0.2, -0.15) is 0 Å². The summed E-state index contributed by atoms with van der Waals surface area (Å²) >= 11 is 6.14. The van der Waals surface area contributed by atoms with Crippen LogP contribution in [0.3, 0.4) is 0 Å². The van der Waals surface area contributed by atoms with Crippen LogP contribution in [0.1, 0.15) is 28.4 Å². The summed E-state index contributed by atoms with van der Waals surface area (Å²) in [4.78, 5) is 24.2. The maximum absolute atomic E-state index is 14.4. The van der Waals surface area contributed by atoms with Gasteiger partial charge in [-0.1, -0.05) is 29.8 Å². The number of nitrogens with one attached hydrogen (secondary N) is 1. The summed E-state index contributed by atoms with van der Waals surface area (Å²) in [6.45, 7) is 2.02. The molecule has 0 spiro atoms. The first-order valence-electron chi connectivity index (χ1n) is 9.78. The zero-order valence-corrected chi connectivity index (χ0v) is 17.9. The van der Waals surface area contributed by atoms with Gasteiger partial charge >= 0.3 is 5.97 Å². The van der Waals surface area contributed by atoms with Gasteiger partial charge in [-0.15, -0.1) is 0 Å². The van der Waals surface area contributed by atoms with Gasteiger partial charge in [0.25, 0.3) is 5.91 Å². The van der Waals surface area contributed by atoms with Crippen LogP contribution in [0, 0.1) is 11.6 Å². The lowest BCUT2D eigenvalue weighted by Crippen LogP contribution is -2.14. The molecule has 0 atom stereocenters. The maximum atomic E-state index is 14.4. The molecular formula is C24H20ClF2NO4. The number of ether oxygens (including phenoxy) is 2. The van der Waals surface area contributed by atoms with E-state index in [4.69, 9.17) is 21.1 Å². The summed E-state index contributed by atoms with van der Waals surface area (Å²) in [6.07, 6.45) is -0.0739. The van der Waals surface area contributed by atoms with Crippen LogP contribution in [0.25, 0.3) is 0 Å². The van der Waals surface area contributed by atoms with E-state index in [0.717, 1.165) is 6.07 Å². The summed E-state index contributed by atoms with van der Waals surface area (Å²) < 4.78 is 38.2. The number of hydrogen-bond donors (Lipinski definition) is 1. The molecule has 0 fully saturated rings. The lowest BCUT2D eigenvalue weighted by Gasteiger charge is -2.11. The molecule has 0 saturated heterocycles. The standard InChI is InChI=1S/C24H20ClF2NO4/c1-2-31-23(29)12-15-6-9-22(21(27)11-15)28-24(30)19-13-18(7-8-20(19)25)32-14-16-4-3-5-17(26)10-16/h3-11,13H,2,12,14H2,1H3,(H,28,30). The van der Waals surface area contributed by atoms with Gasteiger partial charge in [0.15, 0.2) is 0 Å². The van der Waals surface area contributed by atoms with E-state index in [-0.39, 0.29) is 41.7 Å². The van der Waals surface area contributed by atoms with Crippen molar-refractivity contribution in [2.24, 2.45) is 0 Å². The molecule has 3 aromatic rings. The van der Waals surface area contributed by atoms with Crippen molar-refractivity contribution in [1.82, 2.24) is 0 Å². The number of carbonyl (C=O) groups excluding carboxylic acids is 2. The van der Waals surface area contributed by atoms with E-state index in [1.807, 2.05) is 0 Å². The van der Waals surface area contributed by atoms with Crippen molar-refractivity contribution in [2.45, 2.75) is 20.0 Å². The van der Waals surface area contributed by atoms with Crippen LogP contribution in [0.5, 0.6) is 5.75 Å². The fourth-order valence-electron chi connectivity index (χ4n) is 2.90. The van der Waals surface area contributed by atoms with Gasteiger partial charge in [0.05, 0.1) is 29.3 Å². The number of esters is 1. The Morgan fingerprint density at radius 2 is 1.81 bits per heavy atom. The molecule has 0 unspecified atom stereocenters. The number of rotatable bonds is 8. The molecule has 0 bridgehead atoms. The van der Waals surface area contributed by atoms with Gasteiger partial charge in [-0.25, -0.2) is 8.78 Å². The highest BCUT2D eigenvalue weighted by atomic mass is 35.5. The third kappa shape index (κ3) is 6.28. The molecule has 1 amide bonds. The normalized spacial score (nSPS) is 10.5. The minimum absolute atomic E-state index is 0.0650. The molecule has 166 valence electrons. The smallest absolute Gasteiger partial charge is 0.310 e. The van der Waals surface area contributed by atoms with Crippen LogP contribution in [0.15, 0.2) is 60.7 Å². The van der Waals surface area contributed by atoms with Crippen LogP contribution in [-0.4, -0.2) is 18.5 Å². The van der Waals surface area contributed by atoms with Crippen molar-refractivity contribution in [3.63, 3.8) is 0 Å². The van der Waals surface area contributed by atoms with Crippen molar-refractivity contribution in [3.05, 3.63) is 94.0 Å². The number of halogens is 3. The first-order valence-corrected chi connectivity index (χ1v) is 10.2. The molecule has 0 heterocycles. The highest BCUT2D eigenvalue weighted by molar-refractivity contribution is 6.34. The van der Waals surface area contributed by atoms with Gasteiger partial charge in [0.2, 0.25) is 0 Å². The molecule has 3 rings (SSSR count). The fraction of sp³-hybridized carbons (Fsp3) is 0.167. The molecule has 0 aliphatic heterocycles. The quantitative estimate of drug-likeness (QED) is 0.448. The largest absolute Gasteiger partial charge is 0.489 e. The van der Waals surface area contributed by atoms with Crippen LogP contribution < -0.4 is 10.1 Å². The van der Waals surface area contributed by atoms with Crippen molar-refractivity contribution in [1.29, 1.82) is 0 Å². The Balaban J connectivity index is 1.69. The second-order valence-electron chi connectivity index (χ2n) is 6.81. The average Bonchev–Trinajstić information content (AvgIpc) is 2.75. The molecule has 5 nitrogen and oxygen atoms in total. The molecule has 3 aromatic carbocycles. The number of anilines is 1. The summed E-state index contributed by atoms with van der Waals surface area (Å²) in [5.74, 6) is -1.84. The number of hydrogen-bond acceptors (Lipinski definition) is 4. The van der Waals surface area contributed by atoms with Crippen LogP contribution in [0.4, 0.5) is 14.5 Å². The van der Waals surface area contributed by atoms with E-state index in [1.165, 1.54) is 36.4 Å². The lowest BCUT2D eigenvalue weighted by molar-refractivity contribution is -0.142. The van der Waals surface area contributed by atoms with Crippen LogP contribution >= 0.6 is 11.6 Å². The monoisotopic (exact) mass is 459 g/mol. The predicted octanol–water partition coefficient (Wildman–Crippen LogP) is 5.56. The van der Waals surface area contributed by atoms with E-state index in [2.05, 4.69) is 5.32 Å². The minimum atomic E-state index is -0.699. The number of amides is 1. The van der Waals surface area contributed by atoms with Crippen molar-refractivity contribution in [2.75, 3.05) is 11.9 Å². The molecule has 0 saturated carbocycles. The summed E-state index contributed by atoms with van der Waals surface area (Å²) in [6, 6.07) is 14.5. The Hall–Kier alpha value is -3.45. The highest BCUT2D eigenvalue weighted by Gasteiger charge is 2.15. The van der Waals surface area contributed by atoms with Crippen molar-refractivity contribution < 1.29 is 27.8 Å². The second-order valence-corrected chi connectivity index (χ2v) is 7.22. The highest BCUT2D eigenvalue weighted by Crippen LogP contribution is 2.25. The predicted molar refractivity (Wildman–Crippen MR) is 117 cm³/mol. The van der Waals surface area contributed by atoms with E-state index in [0.29, 0.717) is 16.9 Å². The van der Waals surface area contributed by atoms with E-state index >= 15 is 0 Å². The van der Waals surface area contributed by atoms with Gasteiger partial charge in [0, 0.05) is 0 Å². The van der Waals surface area contributed by atoms with Gasteiger partial charge in [0.1, 0.15) is 24.0 Å². The average molecular weight is 460 g/mol. The lowest BCUT2D eigenvalue weighted by atomic mass is 10.1. The molecule has 0 aliphatic carbocycles. The van der Waals surface area contributed by atoms with E-state index in [9.17, 15) is 18.4 Å². The minimum Gasteiger partial charge on any atom is -0.489 e. The Labute approximate surface area is 188 Å². The first-order chi connectivity index (χ1) is 15.4. The van der Waals surface area contributed by atoms with Gasteiger partial charge in [-0.3, -0.25) is 9.59 Å². The van der Waals surface area contributed by atoms with Gasteiger partial charge in [-0.05, 0) is 60.5 Å². The molecule has 0 radical (unpaired) electrons. The van der Waals surface area contributed by atoms with Crippen molar-refractivity contribution >= 4 is 29.2 Å². The second kappa shape index (κ2) is 10.7. The number of carbonyl (C=O) groups is 2. The van der Waals surface area contributed by atoms with Gasteiger partial charge < -0.3 is 14.8 Å². The Kier molecular flexibility index (Phi) is 7.78. The third-order valence-electron chi connectivity index (χ3n) is 4.41. The Bertz CT molecular complexity index is 1140. The SMILES string of the molecule is CCOC(=O)Cc1ccc(NC(=O)c2cc(OCc3cccc(F)c3)ccc2Cl)c(F)c1. The fourth-order valence-corrected chi connectivity index (χ4v) is 3.10. The summed E-state index contributed by atoms with van der Waals surface area (Å²) in [7, 11) is 0. The van der Waals surface area contributed by atoms with Crippen molar-refractivity contribution in [3.8, 4) is 5.75 Å². The van der Waals surface area contributed by atoms with E-state index in [1.54, 1.807) is 25.1 Å². The van der Waals surface area contributed by atoms with Crippen LogP contribution in [-0.2, 0) is 22.6 Å². The number of benzene rings is 3. The Morgan fingerprint density at radius 1 is 1.00 bits per heavy atom. The molecular weight excluding hydrogens is 440 g/mol. The van der Waals surface area contributed by atoms with Crippen LogP contribution in [0.2, 0.25) is 5.02 Å². The summed E-state index contributed by atoms with van der Waals surface area (Å²) in [5, 5.41) is 2.61. The zero-order valence-electron chi connectivity index (χ0n) is 17.2. The topological polar surface area (TPSA) is 64.6 Å². The molecule has 0 aliphatic rings.